The van der Waals surface area contributed by atoms with E-state index in [1.807, 2.05) is 92.9 Å². The molecule has 1 aliphatic heterocycles. The van der Waals surface area contributed by atoms with Crippen molar-refractivity contribution in [2.75, 3.05) is 43.4 Å². The molecule has 52 heavy (non-hydrogen) atoms. The van der Waals surface area contributed by atoms with Crippen LogP contribution in [0.15, 0.2) is 119 Å². The average Bonchev–Trinajstić information content (AvgIpc) is 3.55. The molecule has 2 heterocycles. The monoisotopic (exact) mass is 690 g/mol. The molecule has 4 aromatic carbocycles. The van der Waals surface area contributed by atoms with Crippen molar-refractivity contribution >= 4 is 58.1 Å². The molecule has 262 valence electrons. The second-order valence-corrected chi connectivity index (χ2v) is 12.7. The molecular weight excluding hydrogens is 649 g/mol. The van der Waals surface area contributed by atoms with Crippen LogP contribution in [0.4, 0.5) is 17.1 Å². The number of ether oxygens (including phenoxy) is 1. The van der Waals surface area contributed by atoms with Crippen molar-refractivity contribution in [3.63, 3.8) is 0 Å². The van der Waals surface area contributed by atoms with Gasteiger partial charge in [-0.1, -0.05) is 54.1 Å². The SMILES string of the molecule is C=N/C(=C\C=C/CC1=CCN(CCN(C)c2ccc(C(=O)Nc3ccc4n[nH]c(C)c4c3)cc2N=C)CC1)OCc1ccc(C#N)c2ccccc12. The van der Waals surface area contributed by atoms with Crippen LogP contribution in [-0.4, -0.2) is 67.7 Å². The number of anilines is 2. The van der Waals surface area contributed by atoms with Crippen LogP contribution in [0, 0.1) is 18.3 Å². The molecule has 0 unspecified atom stereocenters. The maximum absolute atomic E-state index is 13.1. The van der Waals surface area contributed by atoms with Crippen molar-refractivity contribution in [1.29, 1.82) is 5.26 Å². The van der Waals surface area contributed by atoms with Crippen LogP contribution in [0.1, 0.15) is 40.0 Å². The van der Waals surface area contributed by atoms with Gasteiger partial charge in [0.1, 0.15) is 6.61 Å². The molecule has 1 amide bonds. The smallest absolute Gasteiger partial charge is 0.255 e. The number of nitrogens with zero attached hydrogens (tertiary/aromatic N) is 6. The number of rotatable bonds is 14. The number of aryl methyl sites for hydroxylation is 1. The van der Waals surface area contributed by atoms with E-state index in [4.69, 9.17) is 4.74 Å². The van der Waals surface area contributed by atoms with E-state index < -0.39 is 0 Å². The number of fused-ring (bicyclic) bond motifs is 2. The molecule has 1 aliphatic rings. The molecule has 1 aromatic heterocycles. The van der Waals surface area contributed by atoms with Gasteiger partial charge in [0.15, 0.2) is 0 Å². The Morgan fingerprint density at radius 2 is 1.96 bits per heavy atom. The van der Waals surface area contributed by atoms with Crippen molar-refractivity contribution in [2.45, 2.75) is 26.4 Å². The Morgan fingerprint density at radius 3 is 2.73 bits per heavy atom. The molecule has 10 heteroatoms. The van der Waals surface area contributed by atoms with E-state index >= 15 is 0 Å². The lowest BCUT2D eigenvalue weighted by atomic mass is 10.0. The third kappa shape index (κ3) is 8.34. The zero-order chi connectivity index (χ0) is 36.5. The minimum Gasteiger partial charge on any atom is -0.473 e. The van der Waals surface area contributed by atoms with E-state index in [9.17, 15) is 10.1 Å². The summed E-state index contributed by atoms with van der Waals surface area (Å²) < 4.78 is 5.95. The van der Waals surface area contributed by atoms with Gasteiger partial charge in [-0.15, -0.1) is 0 Å². The van der Waals surface area contributed by atoms with Gasteiger partial charge in [0.25, 0.3) is 5.91 Å². The van der Waals surface area contributed by atoms with E-state index in [1.165, 1.54) is 5.57 Å². The highest BCUT2D eigenvalue weighted by Gasteiger charge is 2.16. The average molecular weight is 691 g/mol. The number of benzene rings is 4. The van der Waals surface area contributed by atoms with Crippen molar-refractivity contribution < 1.29 is 9.53 Å². The first kappa shape index (κ1) is 35.5. The molecule has 0 aliphatic carbocycles. The summed E-state index contributed by atoms with van der Waals surface area (Å²) in [6.07, 6.45) is 10.1. The lowest BCUT2D eigenvalue weighted by Gasteiger charge is -2.29. The first-order valence-electron chi connectivity index (χ1n) is 17.2. The lowest BCUT2D eigenvalue weighted by molar-refractivity contribution is 0.102. The molecule has 10 nitrogen and oxygen atoms in total. The zero-order valence-electron chi connectivity index (χ0n) is 29.6. The summed E-state index contributed by atoms with van der Waals surface area (Å²) >= 11 is 0. The summed E-state index contributed by atoms with van der Waals surface area (Å²) in [6, 6.07) is 25.1. The Labute approximate surface area is 304 Å². The number of likely N-dealkylation sites (N-methyl/N-ethyl adjacent to an activating group) is 1. The minimum absolute atomic E-state index is 0.207. The van der Waals surface area contributed by atoms with Crippen molar-refractivity contribution in [3.8, 4) is 6.07 Å². The molecule has 2 N–H and O–H groups in total. The van der Waals surface area contributed by atoms with Gasteiger partial charge in [0.2, 0.25) is 5.88 Å². The van der Waals surface area contributed by atoms with Crippen LogP contribution >= 0.6 is 0 Å². The van der Waals surface area contributed by atoms with Gasteiger partial charge in [0, 0.05) is 55.6 Å². The Kier molecular flexibility index (Phi) is 11.3. The van der Waals surface area contributed by atoms with Crippen molar-refractivity contribution in [2.24, 2.45) is 9.98 Å². The molecule has 0 saturated carbocycles. The van der Waals surface area contributed by atoms with Gasteiger partial charge < -0.3 is 15.0 Å². The largest absolute Gasteiger partial charge is 0.473 e. The maximum Gasteiger partial charge on any atom is 0.255 e. The van der Waals surface area contributed by atoms with E-state index in [0.29, 0.717) is 35.0 Å². The van der Waals surface area contributed by atoms with Gasteiger partial charge in [-0.2, -0.15) is 10.4 Å². The van der Waals surface area contributed by atoms with Crippen LogP contribution in [0.2, 0.25) is 0 Å². The Morgan fingerprint density at radius 1 is 1.12 bits per heavy atom. The van der Waals surface area contributed by atoms with Gasteiger partial charge in [-0.25, -0.2) is 4.99 Å². The summed E-state index contributed by atoms with van der Waals surface area (Å²) in [4.78, 5) is 26.0. The Balaban J connectivity index is 0.965. The number of allylic oxidation sites excluding steroid dienone is 3. The van der Waals surface area contributed by atoms with E-state index in [-0.39, 0.29) is 5.91 Å². The maximum atomic E-state index is 13.1. The standard InChI is InChI=1S/C42H42N8O2/c1-29-37-26-34(16-17-38(37)48-47-29)46-42(51)31-15-18-40(39(25-31)44-2)49(4)23-24-50-21-19-30(20-22-50)9-5-8-12-41(45-3)52-28-33-14-13-32(27-43)35-10-6-7-11-36(33)35/h5-8,10-19,25-26H,2-3,9,20-24,28H2,1,4H3,(H,46,51)(H,47,48)/b8-5-,41-12+. The highest BCUT2D eigenvalue weighted by Crippen LogP contribution is 2.30. The molecule has 0 fully saturated rings. The molecule has 6 rings (SSSR count). The zero-order valence-corrected chi connectivity index (χ0v) is 29.6. The van der Waals surface area contributed by atoms with Crippen LogP contribution < -0.4 is 10.2 Å². The third-order valence-electron chi connectivity index (χ3n) is 9.38. The molecule has 5 aromatic rings. The summed E-state index contributed by atoms with van der Waals surface area (Å²) in [5.41, 5.74) is 7.67. The first-order valence-corrected chi connectivity index (χ1v) is 17.2. The van der Waals surface area contributed by atoms with Crippen LogP contribution in [0.25, 0.3) is 21.7 Å². The number of hydrogen-bond acceptors (Lipinski definition) is 8. The summed E-state index contributed by atoms with van der Waals surface area (Å²) in [7, 11) is 2.04. The second kappa shape index (κ2) is 16.6. The fourth-order valence-corrected chi connectivity index (χ4v) is 6.34. The number of carbonyl (C=O) groups is 1. The molecule has 0 atom stereocenters. The van der Waals surface area contributed by atoms with Crippen LogP contribution in [0.5, 0.6) is 0 Å². The Bertz CT molecular complexity index is 2260. The molecular formula is C42H42N8O2. The fraction of sp³-hybridized carbons (Fsp3) is 0.214. The van der Waals surface area contributed by atoms with Crippen LogP contribution in [-0.2, 0) is 11.3 Å². The fourth-order valence-electron chi connectivity index (χ4n) is 6.34. The van der Waals surface area contributed by atoms with E-state index in [2.05, 4.69) is 67.0 Å². The predicted molar refractivity (Wildman–Crippen MR) is 212 cm³/mol. The number of H-pyrrole nitrogens is 1. The number of aliphatic imine (C=N–C) groups is 2. The van der Waals surface area contributed by atoms with Gasteiger partial charge in [0.05, 0.1) is 28.5 Å². The molecule has 0 saturated heterocycles. The predicted octanol–water partition coefficient (Wildman–Crippen LogP) is 8.25. The van der Waals surface area contributed by atoms with Crippen LogP contribution in [0.3, 0.4) is 0 Å². The highest BCUT2D eigenvalue weighted by molar-refractivity contribution is 6.06. The van der Waals surface area contributed by atoms with Crippen molar-refractivity contribution in [3.05, 3.63) is 131 Å². The highest BCUT2D eigenvalue weighted by atomic mass is 16.5. The quantitative estimate of drug-likeness (QED) is 0.0524. The van der Waals surface area contributed by atoms with Gasteiger partial charge in [-0.05, 0) is 98.1 Å². The van der Waals surface area contributed by atoms with Crippen molar-refractivity contribution in [1.82, 2.24) is 15.1 Å². The summed E-state index contributed by atoms with van der Waals surface area (Å²) in [5, 5.41) is 22.5. The normalized spacial score (nSPS) is 13.6. The van der Waals surface area contributed by atoms with E-state index in [1.54, 1.807) is 6.07 Å². The minimum atomic E-state index is -0.207. The number of aromatic amines is 1. The lowest BCUT2D eigenvalue weighted by Crippen LogP contribution is -2.36. The van der Waals surface area contributed by atoms with E-state index in [0.717, 1.165) is 77.6 Å². The van der Waals surface area contributed by atoms with Gasteiger partial charge >= 0.3 is 0 Å². The third-order valence-corrected chi connectivity index (χ3v) is 9.38. The second-order valence-electron chi connectivity index (χ2n) is 12.7. The molecule has 0 bridgehead atoms. The molecule has 0 spiro atoms. The number of aromatic nitrogens is 2. The number of amides is 1. The number of hydrogen-bond donors (Lipinski definition) is 2. The van der Waals surface area contributed by atoms with Gasteiger partial charge in [-0.3, -0.25) is 19.8 Å². The summed E-state index contributed by atoms with van der Waals surface area (Å²) in [6.45, 7) is 13.3. The summed E-state index contributed by atoms with van der Waals surface area (Å²) in [5.74, 6) is 0.241. The Hall–Kier alpha value is -6.31. The first-order chi connectivity index (χ1) is 25.4. The number of nitrogens with one attached hydrogen (secondary N) is 2. The number of carbonyl (C=O) groups excluding carboxylic acids is 1. The number of nitriles is 1. The topological polar surface area (TPSA) is 122 Å². The molecule has 0 radical (unpaired) electrons.